The van der Waals surface area contributed by atoms with Crippen molar-refractivity contribution in [3.8, 4) is 0 Å². The predicted molar refractivity (Wildman–Crippen MR) is 117 cm³/mol. The third-order valence-electron chi connectivity index (χ3n) is 4.75. The summed E-state index contributed by atoms with van der Waals surface area (Å²) >= 11 is 1.38. The maximum atomic E-state index is 12.9. The van der Waals surface area contributed by atoms with Gasteiger partial charge >= 0.3 is 6.16 Å². The van der Waals surface area contributed by atoms with Crippen LogP contribution in [0.5, 0.6) is 0 Å². The van der Waals surface area contributed by atoms with Gasteiger partial charge in [-0.1, -0.05) is 42.5 Å². The number of hydrogen-bond acceptors (Lipinski definition) is 8. The molecular weight excluding hydrogens is 402 g/mol. The van der Waals surface area contributed by atoms with Crippen LogP contribution < -0.4 is 5.32 Å². The van der Waals surface area contributed by atoms with Crippen LogP contribution in [0.1, 0.15) is 61.3 Å². The van der Waals surface area contributed by atoms with E-state index >= 15 is 0 Å². The van der Waals surface area contributed by atoms with E-state index < -0.39 is 11.8 Å². The highest BCUT2D eigenvalue weighted by atomic mass is 32.1. The van der Waals surface area contributed by atoms with E-state index in [1.807, 2.05) is 31.2 Å². The van der Waals surface area contributed by atoms with Crippen molar-refractivity contribution in [3.63, 3.8) is 0 Å². The molecule has 2 heterocycles. The summed E-state index contributed by atoms with van der Waals surface area (Å²) in [5.74, 6) is 0.0126. The maximum absolute atomic E-state index is 12.9. The molecule has 0 unspecified atom stereocenters. The molecule has 1 aliphatic heterocycles. The van der Waals surface area contributed by atoms with Crippen LogP contribution in [0.4, 0.5) is 9.93 Å². The number of piperidine rings is 1. The lowest BCUT2D eigenvalue weighted by Crippen LogP contribution is -2.41. The van der Waals surface area contributed by atoms with Gasteiger partial charge in [0.15, 0.2) is 5.13 Å². The fraction of sp³-hybridized carbons (Fsp3) is 0.500. The highest BCUT2D eigenvalue weighted by molar-refractivity contribution is 7.17. The summed E-state index contributed by atoms with van der Waals surface area (Å²) in [6.07, 6.45) is 3.37. The van der Waals surface area contributed by atoms with Gasteiger partial charge in [0.1, 0.15) is 5.60 Å². The number of aryl methyl sites for hydroxylation is 1. The zero-order valence-corrected chi connectivity index (χ0v) is 18.8. The number of hydroxylamine groups is 2. The van der Waals surface area contributed by atoms with E-state index in [0.29, 0.717) is 18.0 Å². The molecule has 0 spiro atoms. The van der Waals surface area contributed by atoms with E-state index in [-0.39, 0.29) is 11.8 Å². The van der Waals surface area contributed by atoms with E-state index in [2.05, 4.69) is 10.3 Å². The first-order chi connectivity index (χ1) is 14.2. The predicted octanol–water partition coefficient (Wildman–Crippen LogP) is 4.68. The Labute approximate surface area is 181 Å². The highest BCUT2D eigenvalue weighted by Gasteiger charge is 2.25. The number of carbonyl (C=O) groups excluding carboxylic acids is 2. The number of anilines is 1. The van der Waals surface area contributed by atoms with Gasteiger partial charge in [-0.2, -0.15) is 0 Å². The zero-order chi connectivity index (χ0) is 21.7. The van der Waals surface area contributed by atoms with Crippen molar-refractivity contribution in [1.82, 2.24) is 10.0 Å². The number of carbonyl (C=O) groups is 2. The number of nitrogens with one attached hydrogen (secondary N) is 1. The van der Waals surface area contributed by atoms with E-state index in [9.17, 15) is 9.59 Å². The fourth-order valence-corrected chi connectivity index (χ4v) is 4.12. The lowest BCUT2D eigenvalue weighted by atomic mass is 10.0. The van der Waals surface area contributed by atoms with Gasteiger partial charge in [0.25, 0.3) is 0 Å². The van der Waals surface area contributed by atoms with Crippen LogP contribution in [-0.2, 0) is 16.0 Å². The highest BCUT2D eigenvalue weighted by Crippen LogP contribution is 2.25. The van der Waals surface area contributed by atoms with E-state index in [0.717, 1.165) is 35.5 Å². The number of thiazole rings is 1. The Hall–Kier alpha value is -2.45. The molecule has 1 saturated heterocycles. The first-order valence-corrected chi connectivity index (χ1v) is 11.1. The van der Waals surface area contributed by atoms with Gasteiger partial charge in [-0.25, -0.2) is 9.78 Å². The number of aromatic nitrogens is 1. The topological polar surface area (TPSA) is 80.8 Å². The number of ether oxygens (including phenoxy) is 1. The molecule has 0 amide bonds. The Bertz CT molecular complexity index is 883. The summed E-state index contributed by atoms with van der Waals surface area (Å²) < 4.78 is 5.18. The Morgan fingerprint density at radius 2 is 1.93 bits per heavy atom. The van der Waals surface area contributed by atoms with Crippen LogP contribution in [-0.4, -0.2) is 46.7 Å². The van der Waals surface area contributed by atoms with Gasteiger partial charge < -0.3 is 14.9 Å². The van der Waals surface area contributed by atoms with E-state index in [1.165, 1.54) is 11.3 Å². The molecule has 1 aliphatic rings. The van der Waals surface area contributed by atoms with E-state index in [1.54, 1.807) is 32.0 Å². The minimum Gasteiger partial charge on any atom is -0.427 e. The average molecular weight is 432 g/mol. The third-order valence-corrected chi connectivity index (χ3v) is 5.67. The molecule has 2 aromatic rings. The van der Waals surface area contributed by atoms with Gasteiger partial charge in [0, 0.05) is 24.7 Å². The molecular formula is C22H29N3O4S. The standard InChI is InChI=1S/C22H29N3O4S/c1-5-15-8-6-7-9-17(15)19(26)18-14-23-20(30-18)24-16-10-12-25(13-11-16)29-21(27)28-22(2,3)4/h6-9,14,16H,5,10-13H2,1-4H3,(H,23,24). The molecule has 1 fully saturated rings. The average Bonchev–Trinajstić information content (AvgIpc) is 3.16. The molecule has 0 radical (unpaired) electrons. The Balaban J connectivity index is 1.51. The normalized spacial score (nSPS) is 15.6. The summed E-state index contributed by atoms with van der Waals surface area (Å²) in [5.41, 5.74) is 1.21. The number of rotatable bonds is 6. The number of ketones is 1. The molecule has 0 atom stereocenters. The van der Waals surface area contributed by atoms with Crippen molar-refractivity contribution >= 4 is 28.4 Å². The molecule has 3 rings (SSSR count). The van der Waals surface area contributed by atoms with Gasteiger partial charge in [-0.15, -0.1) is 5.06 Å². The molecule has 162 valence electrons. The van der Waals surface area contributed by atoms with Gasteiger partial charge in [0.05, 0.1) is 11.1 Å². The molecule has 0 aliphatic carbocycles. The minimum atomic E-state index is -0.677. The van der Waals surface area contributed by atoms with Crippen LogP contribution >= 0.6 is 11.3 Å². The Morgan fingerprint density at radius 3 is 2.60 bits per heavy atom. The van der Waals surface area contributed by atoms with Crippen molar-refractivity contribution in [2.24, 2.45) is 0 Å². The van der Waals surface area contributed by atoms with Crippen molar-refractivity contribution in [2.75, 3.05) is 18.4 Å². The van der Waals surface area contributed by atoms with Crippen molar-refractivity contribution in [1.29, 1.82) is 0 Å². The van der Waals surface area contributed by atoms with Gasteiger partial charge in [0.2, 0.25) is 5.78 Å². The molecule has 0 bridgehead atoms. The second-order valence-electron chi connectivity index (χ2n) is 8.27. The second-order valence-corrected chi connectivity index (χ2v) is 9.30. The Morgan fingerprint density at radius 1 is 1.23 bits per heavy atom. The zero-order valence-electron chi connectivity index (χ0n) is 17.9. The molecule has 0 saturated carbocycles. The van der Waals surface area contributed by atoms with Crippen LogP contribution in [0.15, 0.2) is 30.5 Å². The first kappa shape index (κ1) is 22.2. The summed E-state index contributed by atoms with van der Waals surface area (Å²) in [6, 6.07) is 7.91. The van der Waals surface area contributed by atoms with Gasteiger partial charge in [-0.3, -0.25) is 4.79 Å². The van der Waals surface area contributed by atoms with Crippen molar-refractivity contribution in [3.05, 3.63) is 46.5 Å². The second kappa shape index (κ2) is 9.57. The molecule has 1 aromatic carbocycles. The van der Waals surface area contributed by atoms with Crippen LogP contribution in [0.25, 0.3) is 0 Å². The molecule has 8 heteroatoms. The van der Waals surface area contributed by atoms with Crippen molar-refractivity contribution in [2.45, 2.75) is 58.6 Å². The third kappa shape index (κ3) is 6.03. The van der Waals surface area contributed by atoms with Gasteiger partial charge in [-0.05, 0) is 45.6 Å². The van der Waals surface area contributed by atoms with Crippen molar-refractivity contribution < 1.29 is 19.2 Å². The fourth-order valence-electron chi connectivity index (χ4n) is 3.27. The monoisotopic (exact) mass is 431 g/mol. The molecule has 30 heavy (non-hydrogen) atoms. The van der Waals surface area contributed by atoms with E-state index in [4.69, 9.17) is 9.57 Å². The first-order valence-electron chi connectivity index (χ1n) is 10.3. The summed E-state index contributed by atoms with van der Waals surface area (Å²) in [5, 5.41) is 5.77. The molecule has 1 N–H and O–H groups in total. The number of benzene rings is 1. The van der Waals surface area contributed by atoms with Crippen LogP contribution in [0.2, 0.25) is 0 Å². The number of hydrogen-bond donors (Lipinski definition) is 1. The minimum absolute atomic E-state index is 0.0126. The SMILES string of the molecule is CCc1ccccc1C(=O)c1cnc(NC2CCN(OC(=O)OC(C)(C)C)CC2)s1. The maximum Gasteiger partial charge on any atom is 0.528 e. The smallest absolute Gasteiger partial charge is 0.427 e. The summed E-state index contributed by atoms with van der Waals surface area (Å²) in [7, 11) is 0. The Kier molecular flexibility index (Phi) is 7.10. The molecule has 1 aromatic heterocycles. The molecule has 7 nitrogen and oxygen atoms in total. The summed E-state index contributed by atoms with van der Waals surface area (Å²) in [6.45, 7) is 8.68. The van der Waals surface area contributed by atoms with Crippen LogP contribution in [0.3, 0.4) is 0 Å². The van der Waals surface area contributed by atoms with Crippen LogP contribution in [0, 0.1) is 0 Å². The number of nitrogens with zero attached hydrogens (tertiary/aromatic N) is 2. The lowest BCUT2D eigenvalue weighted by molar-refractivity contribution is -0.151. The summed E-state index contributed by atoms with van der Waals surface area (Å²) in [4.78, 5) is 34.9. The largest absolute Gasteiger partial charge is 0.528 e. The lowest BCUT2D eigenvalue weighted by Gasteiger charge is -2.31. The quantitative estimate of drug-likeness (QED) is 0.525.